The molecule has 0 heterocycles. The lowest BCUT2D eigenvalue weighted by atomic mass is 10.3. The zero-order valence-electron chi connectivity index (χ0n) is 14.8. The molecule has 0 aromatic heterocycles. The standard InChI is InChI=1S/C18H22N2O6S/c1-25-15-5-3-14(4-6-15)20-27(23,24)17-9-7-16(8-10-17)26-13-18(22)19-11-2-12-21/h3-10,20-21H,2,11-13H2,1H3,(H,19,22). The summed E-state index contributed by atoms with van der Waals surface area (Å²) < 4.78 is 37.6. The van der Waals surface area contributed by atoms with Crippen LogP contribution in [0.2, 0.25) is 0 Å². The molecule has 0 saturated carbocycles. The Morgan fingerprint density at radius 1 is 1.04 bits per heavy atom. The maximum atomic E-state index is 12.4. The molecule has 0 aliphatic rings. The number of aliphatic hydroxyl groups excluding tert-OH is 1. The van der Waals surface area contributed by atoms with Crippen molar-refractivity contribution < 1.29 is 27.8 Å². The number of carbonyl (C=O) groups is 1. The van der Waals surface area contributed by atoms with Gasteiger partial charge in [0.05, 0.1) is 12.0 Å². The van der Waals surface area contributed by atoms with Gasteiger partial charge in [-0.3, -0.25) is 9.52 Å². The zero-order valence-corrected chi connectivity index (χ0v) is 15.7. The molecule has 0 fully saturated rings. The number of nitrogens with one attached hydrogen (secondary N) is 2. The Bertz CT molecular complexity index is 835. The number of hydrogen-bond acceptors (Lipinski definition) is 6. The van der Waals surface area contributed by atoms with Crippen molar-refractivity contribution in [1.82, 2.24) is 5.32 Å². The van der Waals surface area contributed by atoms with E-state index < -0.39 is 10.0 Å². The molecule has 0 aliphatic carbocycles. The molecule has 1 amide bonds. The van der Waals surface area contributed by atoms with Gasteiger partial charge in [0.15, 0.2) is 6.61 Å². The number of ether oxygens (including phenoxy) is 2. The van der Waals surface area contributed by atoms with Gasteiger partial charge in [0, 0.05) is 18.8 Å². The SMILES string of the molecule is COc1ccc(NS(=O)(=O)c2ccc(OCC(=O)NCCCO)cc2)cc1. The van der Waals surface area contributed by atoms with E-state index in [1.165, 1.54) is 31.4 Å². The maximum Gasteiger partial charge on any atom is 0.261 e. The summed E-state index contributed by atoms with van der Waals surface area (Å²) in [5, 5.41) is 11.2. The fourth-order valence-corrected chi connectivity index (χ4v) is 3.15. The predicted octanol–water partition coefficient (Wildman–Crippen LogP) is 1.37. The van der Waals surface area contributed by atoms with E-state index >= 15 is 0 Å². The maximum absolute atomic E-state index is 12.4. The Morgan fingerprint density at radius 2 is 1.67 bits per heavy atom. The first kappa shape index (κ1) is 20.5. The number of methoxy groups -OCH3 is 1. The van der Waals surface area contributed by atoms with Crippen LogP contribution in [0, 0.1) is 0 Å². The minimum absolute atomic E-state index is 0.00162. The van der Waals surface area contributed by atoms with E-state index in [1.54, 1.807) is 24.3 Å². The van der Waals surface area contributed by atoms with Gasteiger partial charge in [-0.2, -0.15) is 0 Å². The van der Waals surface area contributed by atoms with Crippen molar-refractivity contribution in [3.8, 4) is 11.5 Å². The van der Waals surface area contributed by atoms with E-state index in [0.717, 1.165) is 0 Å². The van der Waals surface area contributed by atoms with Gasteiger partial charge in [-0.05, 0) is 55.0 Å². The second kappa shape index (κ2) is 9.79. The third kappa shape index (κ3) is 6.46. The number of benzene rings is 2. The largest absolute Gasteiger partial charge is 0.497 e. The van der Waals surface area contributed by atoms with Gasteiger partial charge in [0.1, 0.15) is 11.5 Å². The van der Waals surface area contributed by atoms with Crippen molar-refractivity contribution in [2.24, 2.45) is 0 Å². The van der Waals surface area contributed by atoms with Crippen molar-refractivity contribution >= 4 is 21.6 Å². The van der Waals surface area contributed by atoms with Gasteiger partial charge < -0.3 is 19.9 Å². The highest BCUT2D eigenvalue weighted by atomic mass is 32.2. The molecule has 27 heavy (non-hydrogen) atoms. The first-order chi connectivity index (χ1) is 12.9. The van der Waals surface area contributed by atoms with Gasteiger partial charge in [0.25, 0.3) is 15.9 Å². The highest BCUT2D eigenvalue weighted by Gasteiger charge is 2.14. The number of hydrogen-bond donors (Lipinski definition) is 3. The molecular formula is C18H22N2O6S. The minimum Gasteiger partial charge on any atom is -0.497 e. The molecule has 9 heteroatoms. The smallest absolute Gasteiger partial charge is 0.261 e. The van der Waals surface area contributed by atoms with Crippen molar-refractivity contribution in [3.63, 3.8) is 0 Å². The third-order valence-corrected chi connectivity index (χ3v) is 4.90. The summed E-state index contributed by atoms with van der Waals surface area (Å²) in [5.41, 5.74) is 0.413. The Balaban J connectivity index is 1.93. The quantitative estimate of drug-likeness (QED) is 0.525. The second-order valence-corrected chi connectivity index (χ2v) is 7.20. The monoisotopic (exact) mass is 394 g/mol. The molecule has 0 spiro atoms. The summed E-state index contributed by atoms with van der Waals surface area (Å²) in [6.45, 7) is 0.177. The molecule has 0 unspecified atom stereocenters. The molecule has 0 bridgehead atoms. The Hall–Kier alpha value is -2.78. The lowest BCUT2D eigenvalue weighted by molar-refractivity contribution is -0.123. The molecule has 0 aliphatic heterocycles. The van der Waals surface area contributed by atoms with Crippen LogP contribution >= 0.6 is 0 Å². The van der Waals surface area contributed by atoms with E-state index in [-0.39, 0.29) is 24.0 Å². The van der Waals surface area contributed by atoms with Gasteiger partial charge >= 0.3 is 0 Å². The normalized spacial score (nSPS) is 10.9. The summed E-state index contributed by atoms with van der Waals surface area (Å²) in [6.07, 6.45) is 0.472. The molecule has 2 aromatic rings. The van der Waals surface area contributed by atoms with Crippen LogP contribution in [0.1, 0.15) is 6.42 Å². The minimum atomic E-state index is -3.75. The lowest BCUT2D eigenvalue weighted by Gasteiger charge is -2.10. The van der Waals surface area contributed by atoms with Gasteiger partial charge in [-0.25, -0.2) is 8.42 Å². The van der Waals surface area contributed by atoms with Crippen molar-refractivity contribution in [3.05, 3.63) is 48.5 Å². The lowest BCUT2D eigenvalue weighted by Crippen LogP contribution is -2.30. The zero-order chi connectivity index (χ0) is 19.7. The predicted molar refractivity (Wildman–Crippen MR) is 100 cm³/mol. The summed E-state index contributed by atoms with van der Waals surface area (Å²) >= 11 is 0. The van der Waals surface area contributed by atoms with Gasteiger partial charge in [-0.15, -0.1) is 0 Å². The molecule has 3 N–H and O–H groups in total. The highest BCUT2D eigenvalue weighted by Crippen LogP contribution is 2.21. The fourth-order valence-electron chi connectivity index (χ4n) is 2.09. The van der Waals surface area contributed by atoms with Crippen LogP contribution in [-0.2, 0) is 14.8 Å². The number of sulfonamides is 1. The van der Waals surface area contributed by atoms with Crippen LogP contribution in [-0.4, -0.2) is 46.3 Å². The van der Waals surface area contributed by atoms with Crippen LogP contribution in [0.25, 0.3) is 0 Å². The topological polar surface area (TPSA) is 114 Å². The van der Waals surface area contributed by atoms with Crippen LogP contribution in [0.5, 0.6) is 11.5 Å². The summed E-state index contributed by atoms with van der Waals surface area (Å²) in [4.78, 5) is 11.6. The molecule has 0 saturated heterocycles. The van der Waals surface area contributed by atoms with Crippen LogP contribution in [0.3, 0.4) is 0 Å². The summed E-state index contributed by atoms with van der Waals surface area (Å²) in [7, 11) is -2.22. The number of anilines is 1. The van der Waals surface area contributed by atoms with E-state index in [1.807, 2.05) is 0 Å². The van der Waals surface area contributed by atoms with E-state index in [4.69, 9.17) is 14.6 Å². The number of rotatable bonds is 10. The van der Waals surface area contributed by atoms with Gasteiger partial charge in [-0.1, -0.05) is 0 Å². The Kier molecular flexibility index (Phi) is 7.44. The van der Waals surface area contributed by atoms with Crippen molar-refractivity contribution in [2.75, 3.05) is 31.6 Å². The molecule has 0 radical (unpaired) electrons. The number of aliphatic hydroxyl groups is 1. The molecular weight excluding hydrogens is 372 g/mol. The van der Waals surface area contributed by atoms with Gasteiger partial charge in [0.2, 0.25) is 0 Å². The number of carbonyl (C=O) groups excluding carboxylic acids is 1. The second-order valence-electron chi connectivity index (χ2n) is 5.52. The van der Waals surface area contributed by atoms with Crippen molar-refractivity contribution in [2.45, 2.75) is 11.3 Å². The van der Waals surface area contributed by atoms with E-state index in [2.05, 4.69) is 10.0 Å². The molecule has 2 rings (SSSR count). The Morgan fingerprint density at radius 3 is 2.26 bits per heavy atom. The van der Waals surface area contributed by atoms with Crippen LogP contribution < -0.4 is 19.5 Å². The van der Waals surface area contributed by atoms with Crippen LogP contribution in [0.15, 0.2) is 53.4 Å². The first-order valence-electron chi connectivity index (χ1n) is 8.22. The highest BCUT2D eigenvalue weighted by molar-refractivity contribution is 7.92. The summed E-state index contributed by atoms with van der Waals surface area (Å²) in [6, 6.07) is 12.2. The average molecular weight is 394 g/mol. The fraction of sp³-hybridized carbons (Fsp3) is 0.278. The Labute approximate surface area is 158 Å². The average Bonchev–Trinajstić information content (AvgIpc) is 2.67. The number of amides is 1. The molecule has 2 aromatic carbocycles. The third-order valence-electron chi connectivity index (χ3n) is 3.50. The first-order valence-corrected chi connectivity index (χ1v) is 9.70. The molecule has 8 nitrogen and oxygen atoms in total. The van der Waals surface area contributed by atoms with Crippen molar-refractivity contribution in [1.29, 1.82) is 0 Å². The molecule has 146 valence electrons. The molecule has 0 atom stereocenters. The summed E-state index contributed by atoms with van der Waals surface area (Å²) in [5.74, 6) is 0.678. The van der Waals surface area contributed by atoms with E-state index in [0.29, 0.717) is 30.2 Å². The van der Waals surface area contributed by atoms with Crippen LogP contribution in [0.4, 0.5) is 5.69 Å². The van der Waals surface area contributed by atoms with E-state index in [9.17, 15) is 13.2 Å².